The Morgan fingerprint density at radius 1 is 1.05 bits per heavy atom. The highest BCUT2D eigenvalue weighted by Crippen LogP contribution is 2.25. The predicted molar refractivity (Wildman–Crippen MR) is 77.5 cm³/mol. The molecular formula is C17H17NO. The Bertz CT molecular complexity index is 658. The highest BCUT2D eigenvalue weighted by Gasteiger charge is 2.16. The van der Waals surface area contributed by atoms with Crippen molar-refractivity contribution in [2.24, 2.45) is 0 Å². The molecule has 1 aliphatic carbocycles. The fourth-order valence-electron chi connectivity index (χ4n) is 2.81. The van der Waals surface area contributed by atoms with Crippen LogP contribution in [0.4, 0.5) is 5.69 Å². The predicted octanol–water partition coefficient (Wildman–Crippen LogP) is 3.30. The number of hydrogen-bond donors (Lipinski definition) is 1. The maximum atomic E-state index is 12.5. The molecule has 1 aliphatic rings. The molecule has 0 bridgehead atoms. The van der Waals surface area contributed by atoms with Gasteiger partial charge in [-0.3, -0.25) is 4.79 Å². The second-order valence-electron chi connectivity index (χ2n) is 5.24. The summed E-state index contributed by atoms with van der Waals surface area (Å²) >= 11 is 0. The minimum Gasteiger partial charge on any atom is -0.399 e. The third kappa shape index (κ3) is 2.14. The summed E-state index contributed by atoms with van der Waals surface area (Å²) < 4.78 is 0. The Hall–Kier alpha value is -2.09. The average Bonchev–Trinajstić information content (AvgIpc) is 2.85. The van der Waals surface area contributed by atoms with Crippen LogP contribution >= 0.6 is 0 Å². The van der Waals surface area contributed by atoms with Crippen molar-refractivity contribution in [3.63, 3.8) is 0 Å². The molecule has 3 rings (SSSR count). The molecule has 2 aromatic carbocycles. The maximum absolute atomic E-state index is 12.5. The number of nitrogens with two attached hydrogens (primary N) is 1. The van der Waals surface area contributed by atoms with Gasteiger partial charge in [-0.05, 0) is 67.1 Å². The van der Waals surface area contributed by atoms with Gasteiger partial charge in [-0.25, -0.2) is 0 Å². The lowest BCUT2D eigenvalue weighted by molar-refractivity contribution is 0.103. The quantitative estimate of drug-likeness (QED) is 0.657. The minimum atomic E-state index is 0.0900. The fraction of sp³-hybridized carbons (Fsp3) is 0.235. The van der Waals surface area contributed by atoms with Gasteiger partial charge in [0.15, 0.2) is 5.78 Å². The Balaban J connectivity index is 2.00. The molecule has 2 heteroatoms. The van der Waals surface area contributed by atoms with Crippen molar-refractivity contribution < 1.29 is 4.79 Å². The van der Waals surface area contributed by atoms with E-state index in [0.29, 0.717) is 5.69 Å². The number of rotatable bonds is 2. The van der Waals surface area contributed by atoms with E-state index in [2.05, 4.69) is 12.1 Å². The number of carbonyl (C=O) groups is 1. The molecular weight excluding hydrogens is 234 g/mol. The largest absolute Gasteiger partial charge is 0.399 e. The SMILES string of the molecule is Cc1cc(N)ccc1C(=O)c1ccc2c(c1)CCC2. The Morgan fingerprint density at radius 2 is 1.84 bits per heavy atom. The van der Waals surface area contributed by atoms with Crippen LogP contribution in [0.15, 0.2) is 36.4 Å². The van der Waals surface area contributed by atoms with Crippen molar-refractivity contribution in [3.05, 3.63) is 64.2 Å². The van der Waals surface area contributed by atoms with E-state index in [4.69, 9.17) is 5.73 Å². The van der Waals surface area contributed by atoms with E-state index in [9.17, 15) is 4.79 Å². The first-order chi connectivity index (χ1) is 9.15. The number of carbonyl (C=O) groups excluding carboxylic acids is 1. The molecule has 0 heterocycles. The molecule has 0 radical (unpaired) electrons. The van der Waals surface area contributed by atoms with Crippen molar-refractivity contribution in [2.45, 2.75) is 26.2 Å². The Labute approximate surface area is 113 Å². The molecule has 0 atom stereocenters. The van der Waals surface area contributed by atoms with Gasteiger partial charge >= 0.3 is 0 Å². The van der Waals surface area contributed by atoms with E-state index in [1.807, 2.05) is 25.1 Å². The zero-order valence-electron chi connectivity index (χ0n) is 11.1. The number of fused-ring (bicyclic) bond motifs is 1. The number of hydrogen-bond acceptors (Lipinski definition) is 2. The molecule has 19 heavy (non-hydrogen) atoms. The smallest absolute Gasteiger partial charge is 0.193 e. The first-order valence-electron chi connectivity index (χ1n) is 6.68. The van der Waals surface area contributed by atoms with Gasteiger partial charge in [0.2, 0.25) is 0 Å². The van der Waals surface area contributed by atoms with E-state index in [1.165, 1.54) is 17.5 Å². The first-order valence-corrected chi connectivity index (χ1v) is 6.68. The molecule has 2 nitrogen and oxygen atoms in total. The van der Waals surface area contributed by atoms with Gasteiger partial charge in [-0.2, -0.15) is 0 Å². The number of benzene rings is 2. The number of ketones is 1. The first kappa shape index (κ1) is 12.0. The van der Waals surface area contributed by atoms with Crippen molar-refractivity contribution in [1.82, 2.24) is 0 Å². The molecule has 0 saturated heterocycles. The minimum absolute atomic E-state index is 0.0900. The van der Waals surface area contributed by atoms with Gasteiger partial charge in [-0.1, -0.05) is 12.1 Å². The topological polar surface area (TPSA) is 43.1 Å². The number of nitrogen functional groups attached to an aromatic ring is 1. The highest BCUT2D eigenvalue weighted by atomic mass is 16.1. The zero-order valence-corrected chi connectivity index (χ0v) is 11.1. The summed E-state index contributed by atoms with van der Waals surface area (Å²) in [6.07, 6.45) is 3.44. The molecule has 2 N–H and O–H groups in total. The lowest BCUT2D eigenvalue weighted by Gasteiger charge is -2.08. The lowest BCUT2D eigenvalue weighted by atomic mass is 9.96. The summed E-state index contributed by atoms with van der Waals surface area (Å²) in [5, 5.41) is 0. The van der Waals surface area contributed by atoms with Crippen LogP contribution in [0.1, 0.15) is 39.0 Å². The molecule has 0 amide bonds. The summed E-state index contributed by atoms with van der Waals surface area (Å²) in [6.45, 7) is 1.93. The summed E-state index contributed by atoms with van der Waals surface area (Å²) in [5.41, 5.74) is 11.6. The molecule has 96 valence electrons. The summed E-state index contributed by atoms with van der Waals surface area (Å²) in [7, 11) is 0. The molecule has 0 saturated carbocycles. The molecule has 0 aromatic heterocycles. The van der Waals surface area contributed by atoms with Crippen LogP contribution in [0.5, 0.6) is 0 Å². The van der Waals surface area contributed by atoms with Gasteiger partial charge in [-0.15, -0.1) is 0 Å². The van der Waals surface area contributed by atoms with Gasteiger partial charge in [0.25, 0.3) is 0 Å². The van der Waals surface area contributed by atoms with E-state index in [0.717, 1.165) is 29.5 Å². The molecule has 0 fully saturated rings. The van der Waals surface area contributed by atoms with Crippen LogP contribution in [-0.2, 0) is 12.8 Å². The van der Waals surface area contributed by atoms with Crippen LogP contribution in [0, 0.1) is 6.92 Å². The number of aryl methyl sites for hydroxylation is 3. The van der Waals surface area contributed by atoms with Gasteiger partial charge < -0.3 is 5.73 Å². The Morgan fingerprint density at radius 3 is 2.63 bits per heavy atom. The van der Waals surface area contributed by atoms with Crippen molar-refractivity contribution in [2.75, 3.05) is 5.73 Å². The van der Waals surface area contributed by atoms with Gasteiger partial charge in [0.1, 0.15) is 0 Å². The third-order valence-corrected chi connectivity index (χ3v) is 3.86. The van der Waals surface area contributed by atoms with E-state index in [1.54, 1.807) is 6.07 Å². The van der Waals surface area contributed by atoms with Gasteiger partial charge in [0, 0.05) is 16.8 Å². The van der Waals surface area contributed by atoms with Crippen molar-refractivity contribution >= 4 is 11.5 Å². The molecule has 0 spiro atoms. The fourth-order valence-corrected chi connectivity index (χ4v) is 2.81. The van der Waals surface area contributed by atoms with Crippen LogP contribution in [0.2, 0.25) is 0 Å². The standard InChI is InChI=1S/C17H17NO/c1-11-9-15(18)7-8-16(11)17(19)14-6-5-12-3-2-4-13(12)10-14/h5-10H,2-4,18H2,1H3. The lowest BCUT2D eigenvalue weighted by Crippen LogP contribution is -2.05. The van der Waals surface area contributed by atoms with Gasteiger partial charge in [0.05, 0.1) is 0 Å². The summed E-state index contributed by atoms with van der Waals surface area (Å²) in [4.78, 5) is 12.5. The average molecular weight is 251 g/mol. The second kappa shape index (κ2) is 4.54. The molecule has 0 aliphatic heterocycles. The number of anilines is 1. The second-order valence-corrected chi connectivity index (χ2v) is 5.24. The van der Waals surface area contributed by atoms with E-state index >= 15 is 0 Å². The summed E-state index contributed by atoms with van der Waals surface area (Å²) in [6, 6.07) is 11.6. The molecule has 2 aromatic rings. The summed E-state index contributed by atoms with van der Waals surface area (Å²) in [5.74, 6) is 0.0900. The van der Waals surface area contributed by atoms with E-state index in [-0.39, 0.29) is 5.78 Å². The zero-order chi connectivity index (χ0) is 13.4. The van der Waals surface area contributed by atoms with Crippen molar-refractivity contribution in [1.29, 1.82) is 0 Å². The van der Waals surface area contributed by atoms with Crippen LogP contribution in [0.3, 0.4) is 0 Å². The normalized spacial score (nSPS) is 13.3. The van der Waals surface area contributed by atoms with Crippen LogP contribution in [-0.4, -0.2) is 5.78 Å². The third-order valence-electron chi connectivity index (χ3n) is 3.86. The Kier molecular flexibility index (Phi) is 2.86. The van der Waals surface area contributed by atoms with Crippen LogP contribution in [0.25, 0.3) is 0 Å². The highest BCUT2D eigenvalue weighted by molar-refractivity contribution is 6.10. The molecule has 0 unspecified atom stereocenters. The monoisotopic (exact) mass is 251 g/mol. The van der Waals surface area contributed by atoms with Crippen LogP contribution < -0.4 is 5.73 Å². The van der Waals surface area contributed by atoms with E-state index < -0.39 is 0 Å². The van der Waals surface area contributed by atoms with Crippen molar-refractivity contribution in [3.8, 4) is 0 Å². The maximum Gasteiger partial charge on any atom is 0.193 e.